The Kier molecular flexibility index (Phi) is 3.90. The number of hydrogen-bond acceptors (Lipinski definition) is 4. The van der Waals surface area contributed by atoms with Gasteiger partial charge in [-0.05, 0) is 68.5 Å². The molecule has 0 saturated heterocycles. The molecule has 1 amide bonds. The second kappa shape index (κ2) is 6.12. The minimum Gasteiger partial charge on any atom is -0.489 e. The number of carboxylic acids is 1. The van der Waals surface area contributed by atoms with E-state index in [1.54, 1.807) is 18.3 Å². The normalized spacial score (nSPS) is 24.2. The molecule has 2 heterocycles. The summed E-state index contributed by atoms with van der Waals surface area (Å²) in [5.74, 6) is -0.280. The predicted molar refractivity (Wildman–Crippen MR) is 95.6 cm³/mol. The lowest BCUT2D eigenvalue weighted by atomic mass is 9.69. The minimum atomic E-state index is -0.980. The van der Waals surface area contributed by atoms with Crippen LogP contribution in [0, 0.1) is 6.92 Å². The summed E-state index contributed by atoms with van der Waals surface area (Å²) >= 11 is 0. The Hall–Kier alpha value is -2.89. The van der Waals surface area contributed by atoms with E-state index in [-0.39, 0.29) is 17.6 Å². The second-order valence-corrected chi connectivity index (χ2v) is 7.05. The summed E-state index contributed by atoms with van der Waals surface area (Å²) in [5.41, 5.74) is 2.03. The van der Waals surface area contributed by atoms with Gasteiger partial charge in [-0.1, -0.05) is 0 Å². The van der Waals surface area contributed by atoms with E-state index in [1.807, 2.05) is 19.1 Å². The molecule has 1 aliphatic heterocycles. The Labute approximate surface area is 151 Å². The third-order valence-electron chi connectivity index (χ3n) is 5.44. The van der Waals surface area contributed by atoms with E-state index in [9.17, 15) is 14.7 Å². The van der Waals surface area contributed by atoms with Crippen molar-refractivity contribution in [2.45, 2.75) is 44.1 Å². The fraction of sp³-hybridized carbons (Fsp3) is 0.350. The number of aromatic nitrogens is 1. The van der Waals surface area contributed by atoms with Gasteiger partial charge in [0.15, 0.2) is 0 Å². The van der Waals surface area contributed by atoms with Crippen LogP contribution < -0.4 is 10.1 Å². The Bertz CT molecular complexity index is 868. The van der Waals surface area contributed by atoms with Crippen molar-refractivity contribution in [2.24, 2.45) is 0 Å². The summed E-state index contributed by atoms with van der Waals surface area (Å²) in [6, 6.07) is 8.67. The van der Waals surface area contributed by atoms with Gasteiger partial charge in [-0.2, -0.15) is 0 Å². The minimum absolute atomic E-state index is 0.0321. The van der Waals surface area contributed by atoms with E-state index < -0.39 is 11.4 Å². The van der Waals surface area contributed by atoms with Gasteiger partial charge in [0.2, 0.25) is 5.91 Å². The fourth-order valence-electron chi connectivity index (χ4n) is 3.96. The number of rotatable bonds is 3. The molecule has 1 aromatic heterocycles. The summed E-state index contributed by atoms with van der Waals surface area (Å²) in [5, 5.41) is 12.2. The van der Waals surface area contributed by atoms with Crippen molar-refractivity contribution in [1.82, 2.24) is 4.98 Å². The highest BCUT2D eigenvalue weighted by Gasteiger charge is 2.49. The van der Waals surface area contributed by atoms with Crippen LogP contribution in [0.5, 0.6) is 5.75 Å². The molecule has 4 rings (SSSR count). The third kappa shape index (κ3) is 2.71. The largest absolute Gasteiger partial charge is 0.489 e. The monoisotopic (exact) mass is 352 g/mol. The predicted octanol–water partition coefficient (Wildman–Crippen LogP) is 3.30. The van der Waals surface area contributed by atoms with E-state index >= 15 is 0 Å². The summed E-state index contributed by atoms with van der Waals surface area (Å²) in [6.45, 7) is 1.93. The quantitative estimate of drug-likeness (QED) is 0.885. The third-order valence-corrected chi connectivity index (χ3v) is 5.44. The Balaban J connectivity index is 1.53. The molecule has 1 spiro atoms. The van der Waals surface area contributed by atoms with Gasteiger partial charge in [-0.25, -0.2) is 4.79 Å². The van der Waals surface area contributed by atoms with E-state index in [0.717, 1.165) is 35.5 Å². The molecule has 1 fully saturated rings. The van der Waals surface area contributed by atoms with Crippen LogP contribution in [0.2, 0.25) is 0 Å². The van der Waals surface area contributed by atoms with Crippen LogP contribution in [-0.2, 0) is 10.2 Å². The number of ether oxygens (including phenoxy) is 1. The molecule has 134 valence electrons. The molecule has 1 saturated carbocycles. The molecule has 2 aliphatic rings. The molecular weight excluding hydrogens is 332 g/mol. The first kappa shape index (κ1) is 16.6. The Morgan fingerprint density at radius 2 is 2.04 bits per heavy atom. The van der Waals surface area contributed by atoms with E-state index in [4.69, 9.17) is 4.74 Å². The average Bonchev–Trinajstić information content (AvgIpc) is 2.90. The summed E-state index contributed by atoms with van der Waals surface area (Å²) in [7, 11) is 0. The number of hydrogen-bond donors (Lipinski definition) is 2. The van der Waals surface area contributed by atoms with Gasteiger partial charge in [0.05, 0.1) is 23.3 Å². The van der Waals surface area contributed by atoms with E-state index in [1.165, 1.54) is 6.07 Å². The van der Waals surface area contributed by atoms with Crippen LogP contribution >= 0.6 is 0 Å². The number of benzene rings is 1. The molecule has 1 aromatic carbocycles. The fourth-order valence-corrected chi connectivity index (χ4v) is 3.96. The molecule has 6 heteroatoms. The standard InChI is InChI=1S/C20H20N2O4/c1-12-2-4-15(11-21-12)26-14-6-8-20(9-7-14)16-10-13(18(23)24)3-5-17(16)22-19(20)25/h2-5,10-11,14H,6-9H2,1H3,(H,22,25)(H,23,24)/t14-,20-. The van der Waals surface area contributed by atoms with E-state index in [0.29, 0.717) is 12.8 Å². The van der Waals surface area contributed by atoms with Gasteiger partial charge in [-0.15, -0.1) is 0 Å². The molecule has 0 unspecified atom stereocenters. The smallest absolute Gasteiger partial charge is 0.335 e. The zero-order valence-corrected chi connectivity index (χ0v) is 14.5. The molecule has 2 N–H and O–H groups in total. The lowest BCUT2D eigenvalue weighted by Gasteiger charge is -2.35. The van der Waals surface area contributed by atoms with Gasteiger partial charge in [0.25, 0.3) is 0 Å². The van der Waals surface area contributed by atoms with Gasteiger partial charge < -0.3 is 15.2 Å². The number of aryl methyl sites for hydroxylation is 1. The molecule has 2 aromatic rings. The molecule has 0 bridgehead atoms. The van der Waals surface area contributed by atoms with Crippen molar-refractivity contribution in [1.29, 1.82) is 0 Å². The van der Waals surface area contributed by atoms with Crippen LogP contribution in [-0.4, -0.2) is 28.1 Å². The Morgan fingerprint density at radius 3 is 2.69 bits per heavy atom. The van der Waals surface area contributed by atoms with Gasteiger partial charge in [0, 0.05) is 11.4 Å². The van der Waals surface area contributed by atoms with Crippen molar-refractivity contribution < 1.29 is 19.4 Å². The number of carbonyl (C=O) groups excluding carboxylic acids is 1. The highest BCUT2D eigenvalue weighted by Crippen LogP contribution is 2.48. The number of anilines is 1. The van der Waals surface area contributed by atoms with Gasteiger partial charge in [-0.3, -0.25) is 9.78 Å². The van der Waals surface area contributed by atoms with Crippen LogP contribution in [0.25, 0.3) is 0 Å². The van der Waals surface area contributed by atoms with Gasteiger partial charge in [0.1, 0.15) is 5.75 Å². The first-order chi connectivity index (χ1) is 12.5. The molecule has 0 radical (unpaired) electrons. The molecule has 6 nitrogen and oxygen atoms in total. The molecule has 1 aliphatic carbocycles. The maximum Gasteiger partial charge on any atom is 0.335 e. The second-order valence-electron chi connectivity index (χ2n) is 7.05. The summed E-state index contributed by atoms with van der Waals surface area (Å²) in [6.07, 6.45) is 4.49. The van der Waals surface area contributed by atoms with Crippen molar-refractivity contribution in [2.75, 3.05) is 5.32 Å². The zero-order valence-electron chi connectivity index (χ0n) is 14.5. The van der Waals surface area contributed by atoms with Crippen molar-refractivity contribution >= 4 is 17.6 Å². The SMILES string of the molecule is Cc1ccc(O[C@H]2CC[C@@]3(CC2)C(=O)Nc2ccc(C(=O)O)cc23)cn1. The van der Waals surface area contributed by atoms with Crippen LogP contribution in [0.1, 0.15) is 47.3 Å². The topological polar surface area (TPSA) is 88.5 Å². The number of nitrogens with one attached hydrogen (secondary N) is 1. The van der Waals surface area contributed by atoms with Gasteiger partial charge >= 0.3 is 5.97 Å². The lowest BCUT2D eigenvalue weighted by Crippen LogP contribution is -2.41. The number of carbonyl (C=O) groups is 2. The number of nitrogens with zero attached hydrogens (tertiary/aromatic N) is 1. The Morgan fingerprint density at radius 1 is 1.27 bits per heavy atom. The number of fused-ring (bicyclic) bond motifs is 2. The molecular formula is C20H20N2O4. The number of aromatic carboxylic acids is 1. The van der Waals surface area contributed by atoms with Crippen LogP contribution in [0.3, 0.4) is 0 Å². The summed E-state index contributed by atoms with van der Waals surface area (Å²) in [4.78, 5) is 28.2. The highest BCUT2D eigenvalue weighted by molar-refractivity contribution is 6.07. The van der Waals surface area contributed by atoms with Crippen molar-refractivity contribution in [3.05, 3.63) is 53.3 Å². The molecule has 0 atom stereocenters. The average molecular weight is 352 g/mol. The number of pyridine rings is 1. The molecule has 26 heavy (non-hydrogen) atoms. The first-order valence-electron chi connectivity index (χ1n) is 8.76. The van der Waals surface area contributed by atoms with Crippen molar-refractivity contribution in [3.63, 3.8) is 0 Å². The lowest BCUT2D eigenvalue weighted by molar-refractivity contribution is -0.122. The van der Waals surface area contributed by atoms with E-state index in [2.05, 4.69) is 10.3 Å². The number of carboxylic acid groups (broad SMARTS) is 1. The highest BCUT2D eigenvalue weighted by atomic mass is 16.5. The van der Waals surface area contributed by atoms with Crippen LogP contribution in [0.4, 0.5) is 5.69 Å². The summed E-state index contributed by atoms with van der Waals surface area (Å²) < 4.78 is 6.01. The maximum absolute atomic E-state index is 12.7. The van der Waals surface area contributed by atoms with Crippen molar-refractivity contribution in [3.8, 4) is 5.75 Å². The maximum atomic E-state index is 12.7. The van der Waals surface area contributed by atoms with Crippen LogP contribution in [0.15, 0.2) is 36.5 Å². The number of amides is 1. The first-order valence-corrected chi connectivity index (χ1v) is 8.76. The zero-order chi connectivity index (χ0) is 18.3.